The Morgan fingerprint density at radius 2 is 1.88 bits per heavy atom. The number of aliphatic hydroxyl groups excluding tert-OH is 1. The molecule has 1 aliphatic rings. The number of rotatable bonds is 3. The van der Waals surface area contributed by atoms with E-state index in [-0.39, 0.29) is 18.1 Å². The van der Waals surface area contributed by atoms with Gasteiger partial charge in [-0.15, -0.1) is 0 Å². The van der Waals surface area contributed by atoms with Gasteiger partial charge >= 0.3 is 0 Å². The summed E-state index contributed by atoms with van der Waals surface area (Å²) in [6.07, 6.45) is 2.83. The van der Waals surface area contributed by atoms with Gasteiger partial charge in [0.2, 0.25) is 0 Å². The molecule has 0 unspecified atom stereocenters. The molecule has 3 heteroatoms. The van der Waals surface area contributed by atoms with Gasteiger partial charge in [-0.05, 0) is 45.2 Å². The predicted octanol–water partition coefficient (Wildman–Crippen LogP) is 1.95. The van der Waals surface area contributed by atoms with Gasteiger partial charge in [-0.3, -0.25) is 4.79 Å². The van der Waals surface area contributed by atoms with Gasteiger partial charge in [0.1, 0.15) is 0 Å². The highest BCUT2D eigenvalue weighted by atomic mass is 16.3. The minimum atomic E-state index is -0.366. The first-order valence-corrected chi connectivity index (χ1v) is 6.06. The molecule has 1 aromatic carbocycles. The van der Waals surface area contributed by atoms with Gasteiger partial charge in [-0.1, -0.05) is 17.2 Å². The molecule has 0 heterocycles. The van der Waals surface area contributed by atoms with Crippen molar-refractivity contribution in [3.8, 4) is 0 Å². The first-order chi connectivity index (χ1) is 8.04. The van der Waals surface area contributed by atoms with E-state index < -0.39 is 0 Å². The molecular weight excluding hydrogens is 214 g/mol. The van der Waals surface area contributed by atoms with Gasteiger partial charge in [0.25, 0.3) is 5.91 Å². The van der Waals surface area contributed by atoms with Crippen molar-refractivity contribution < 1.29 is 9.90 Å². The van der Waals surface area contributed by atoms with Crippen molar-refractivity contribution in [2.24, 2.45) is 0 Å². The minimum absolute atomic E-state index is 0.0313. The summed E-state index contributed by atoms with van der Waals surface area (Å²) >= 11 is 0. The summed E-state index contributed by atoms with van der Waals surface area (Å²) in [7, 11) is 0. The molecule has 1 aliphatic carbocycles. The molecule has 0 aromatic heterocycles. The Morgan fingerprint density at radius 3 is 2.29 bits per heavy atom. The second-order valence-electron chi connectivity index (χ2n) is 5.12. The third-order valence-corrected chi connectivity index (χ3v) is 3.48. The largest absolute Gasteiger partial charge is 0.394 e. The molecule has 0 atom stereocenters. The van der Waals surface area contributed by atoms with Crippen LogP contribution in [0.4, 0.5) is 0 Å². The van der Waals surface area contributed by atoms with Crippen LogP contribution < -0.4 is 5.32 Å². The molecular formula is C14H19NO2. The molecule has 1 aromatic rings. The number of aliphatic hydroxyl groups is 1. The lowest BCUT2D eigenvalue weighted by Gasteiger charge is -2.41. The molecule has 0 spiro atoms. The summed E-state index contributed by atoms with van der Waals surface area (Å²) in [5.41, 5.74) is 2.49. The molecule has 0 bridgehead atoms. The number of hydrogen-bond donors (Lipinski definition) is 2. The number of benzene rings is 1. The first kappa shape index (κ1) is 12.1. The molecule has 0 aliphatic heterocycles. The van der Waals surface area contributed by atoms with Crippen LogP contribution in [0, 0.1) is 13.8 Å². The smallest absolute Gasteiger partial charge is 0.251 e. The molecule has 17 heavy (non-hydrogen) atoms. The fourth-order valence-corrected chi connectivity index (χ4v) is 2.34. The highest BCUT2D eigenvalue weighted by molar-refractivity contribution is 5.95. The molecule has 3 nitrogen and oxygen atoms in total. The highest BCUT2D eigenvalue weighted by Gasteiger charge is 2.37. The Labute approximate surface area is 102 Å². The van der Waals surface area contributed by atoms with E-state index in [1.54, 1.807) is 0 Å². The molecule has 2 N–H and O–H groups in total. The molecule has 1 amide bonds. The van der Waals surface area contributed by atoms with Crippen molar-refractivity contribution in [3.63, 3.8) is 0 Å². The van der Waals surface area contributed by atoms with E-state index in [1.165, 1.54) is 0 Å². The lowest BCUT2D eigenvalue weighted by molar-refractivity contribution is 0.0641. The number of nitrogens with one attached hydrogen (secondary N) is 1. The average molecular weight is 233 g/mol. The van der Waals surface area contributed by atoms with Gasteiger partial charge in [0, 0.05) is 5.56 Å². The zero-order chi connectivity index (χ0) is 12.5. The number of amides is 1. The molecule has 1 saturated carbocycles. The van der Waals surface area contributed by atoms with Crippen molar-refractivity contribution in [1.82, 2.24) is 5.32 Å². The monoisotopic (exact) mass is 233 g/mol. The highest BCUT2D eigenvalue weighted by Crippen LogP contribution is 2.31. The SMILES string of the molecule is Cc1cc(C)cc(C(=O)NC2(CO)CCC2)c1. The molecule has 0 saturated heterocycles. The fourth-order valence-electron chi connectivity index (χ4n) is 2.34. The van der Waals surface area contributed by atoms with E-state index in [2.05, 4.69) is 5.32 Å². The van der Waals surface area contributed by atoms with E-state index in [0.717, 1.165) is 30.4 Å². The summed E-state index contributed by atoms with van der Waals surface area (Å²) < 4.78 is 0. The van der Waals surface area contributed by atoms with Crippen molar-refractivity contribution >= 4 is 5.91 Å². The molecule has 2 rings (SSSR count). The lowest BCUT2D eigenvalue weighted by atomic mass is 9.77. The number of aryl methyl sites for hydroxylation is 2. The Morgan fingerprint density at radius 1 is 1.29 bits per heavy atom. The Kier molecular flexibility index (Phi) is 3.20. The summed E-state index contributed by atoms with van der Waals surface area (Å²) in [4.78, 5) is 12.1. The van der Waals surface area contributed by atoms with Crippen LogP contribution in [0.5, 0.6) is 0 Å². The van der Waals surface area contributed by atoms with Crippen LogP contribution in [0.3, 0.4) is 0 Å². The number of hydrogen-bond acceptors (Lipinski definition) is 2. The van der Waals surface area contributed by atoms with Crippen LogP contribution in [0.2, 0.25) is 0 Å². The lowest BCUT2D eigenvalue weighted by Crippen LogP contribution is -2.56. The number of carbonyl (C=O) groups is 1. The third kappa shape index (κ3) is 2.50. The molecule has 0 radical (unpaired) electrons. The first-order valence-electron chi connectivity index (χ1n) is 6.06. The minimum Gasteiger partial charge on any atom is -0.394 e. The second-order valence-corrected chi connectivity index (χ2v) is 5.12. The molecule has 1 fully saturated rings. The van der Waals surface area contributed by atoms with Crippen molar-refractivity contribution in [3.05, 3.63) is 34.9 Å². The van der Waals surface area contributed by atoms with Crippen LogP contribution in [0.25, 0.3) is 0 Å². The second kappa shape index (κ2) is 4.49. The number of carbonyl (C=O) groups excluding carboxylic acids is 1. The summed E-state index contributed by atoms with van der Waals surface area (Å²) in [6, 6.07) is 5.81. The standard InChI is InChI=1S/C14H19NO2/c1-10-6-11(2)8-12(7-10)13(17)15-14(9-16)4-3-5-14/h6-8,16H,3-5,9H2,1-2H3,(H,15,17). The Hall–Kier alpha value is -1.35. The van der Waals surface area contributed by atoms with Gasteiger partial charge in [0.15, 0.2) is 0 Å². The maximum Gasteiger partial charge on any atom is 0.251 e. The average Bonchev–Trinajstić information content (AvgIpc) is 2.21. The van der Waals surface area contributed by atoms with Gasteiger partial charge in [0.05, 0.1) is 12.1 Å². The predicted molar refractivity (Wildman–Crippen MR) is 67.1 cm³/mol. The van der Waals surface area contributed by atoms with Crippen LogP contribution in [-0.2, 0) is 0 Å². The van der Waals surface area contributed by atoms with E-state index in [0.29, 0.717) is 5.56 Å². The van der Waals surface area contributed by atoms with E-state index in [1.807, 2.05) is 32.0 Å². The summed E-state index contributed by atoms with van der Waals surface area (Å²) in [6.45, 7) is 3.99. The topological polar surface area (TPSA) is 49.3 Å². The van der Waals surface area contributed by atoms with Gasteiger partial charge < -0.3 is 10.4 Å². The maximum absolute atomic E-state index is 12.1. The van der Waals surface area contributed by atoms with Crippen LogP contribution in [0.15, 0.2) is 18.2 Å². The zero-order valence-corrected chi connectivity index (χ0v) is 10.4. The Bertz CT molecular complexity index is 410. The fraction of sp³-hybridized carbons (Fsp3) is 0.500. The van der Waals surface area contributed by atoms with Crippen LogP contribution >= 0.6 is 0 Å². The normalized spacial score (nSPS) is 17.4. The summed E-state index contributed by atoms with van der Waals surface area (Å²) in [5, 5.41) is 12.3. The van der Waals surface area contributed by atoms with Crippen LogP contribution in [0.1, 0.15) is 40.7 Å². The van der Waals surface area contributed by atoms with Crippen molar-refractivity contribution in [2.45, 2.75) is 38.6 Å². The van der Waals surface area contributed by atoms with Crippen molar-refractivity contribution in [2.75, 3.05) is 6.61 Å². The maximum atomic E-state index is 12.1. The van der Waals surface area contributed by atoms with Crippen molar-refractivity contribution in [1.29, 1.82) is 0 Å². The van der Waals surface area contributed by atoms with E-state index >= 15 is 0 Å². The summed E-state index contributed by atoms with van der Waals surface area (Å²) in [5.74, 6) is -0.0782. The van der Waals surface area contributed by atoms with Crippen LogP contribution in [-0.4, -0.2) is 23.2 Å². The van der Waals surface area contributed by atoms with Gasteiger partial charge in [-0.25, -0.2) is 0 Å². The van der Waals surface area contributed by atoms with E-state index in [4.69, 9.17) is 0 Å². The molecule has 92 valence electrons. The third-order valence-electron chi connectivity index (χ3n) is 3.48. The van der Waals surface area contributed by atoms with E-state index in [9.17, 15) is 9.90 Å². The quantitative estimate of drug-likeness (QED) is 0.838. The van der Waals surface area contributed by atoms with Gasteiger partial charge in [-0.2, -0.15) is 0 Å². The Balaban J connectivity index is 2.14. The zero-order valence-electron chi connectivity index (χ0n) is 10.4.